The number of rotatable bonds is 3. The quantitative estimate of drug-likeness (QED) is 0.173. The molecular weight excluding hydrogens is 657 g/mol. The zero-order valence-corrected chi connectivity index (χ0v) is 29.1. The van der Waals surface area contributed by atoms with E-state index in [1.807, 2.05) is 0 Å². The van der Waals surface area contributed by atoms with Gasteiger partial charge in [-0.2, -0.15) is 0 Å². The maximum atomic E-state index is 6.74. The van der Waals surface area contributed by atoms with Crippen molar-refractivity contribution in [3.63, 3.8) is 0 Å². The fourth-order valence-electron chi connectivity index (χ4n) is 8.97. The number of hydrogen-bond acceptors (Lipinski definition) is 2. The van der Waals surface area contributed by atoms with Crippen LogP contribution >= 0.6 is 0 Å². The van der Waals surface area contributed by atoms with Crippen LogP contribution in [0.5, 0.6) is 0 Å². The Balaban J connectivity index is 0.990. The Labute approximate surface area is 310 Å². The SMILES string of the molecule is c1ccc(-c2c3ccccc3c(-c3ccc4cc(-c5ccc6c(c5)oc5c6ccc6oc7ccc8ccccc8c7c65)ccc4c3)c3ccccc23)cc1. The summed E-state index contributed by atoms with van der Waals surface area (Å²) in [6, 6.07) is 65.6. The Hall–Kier alpha value is -7.16. The van der Waals surface area contributed by atoms with Gasteiger partial charge in [-0.15, -0.1) is 0 Å². The van der Waals surface area contributed by atoms with E-state index >= 15 is 0 Å². The summed E-state index contributed by atoms with van der Waals surface area (Å²) in [7, 11) is 0. The van der Waals surface area contributed by atoms with E-state index in [0.29, 0.717) is 0 Å². The van der Waals surface area contributed by atoms with Crippen LogP contribution in [0.25, 0.3) is 120 Å². The molecule has 0 aliphatic rings. The molecule has 0 radical (unpaired) electrons. The molecule has 0 saturated carbocycles. The predicted molar refractivity (Wildman–Crippen MR) is 227 cm³/mol. The van der Waals surface area contributed by atoms with Gasteiger partial charge in [0.05, 0.1) is 5.39 Å². The minimum Gasteiger partial charge on any atom is -0.456 e. The molecule has 2 heteroatoms. The molecule has 12 aromatic rings. The van der Waals surface area contributed by atoms with Gasteiger partial charge in [-0.3, -0.25) is 0 Å². The molecule has 2 aromatic heterocycles. The normalized spacial score (nSPS) is 12.1. The molecule has 0 aliphatic heterocycles. The Morgan fingerprint density at radius 1 is 0.259 bits per heavy atom. The van der Waals surface area contributed by atoms with Crippen LogP contribution in [-0.2, 0) is 0 Å². The maximum absolute atomic E-state index is 6.74. The van der Waals surface area contributed by atoms with Crippen molar-refractivity contribution >= 4 is 87.0 Å². The van der Waals surface area contributed by atoms with Crippen molar-refractivity contribution in [3.05, 3.63) is 182 Å². The molecule has 0 amide bonds. The number of hydrogen-bond donors (Lipinski definition) is 0. The standard InChI is InChI=1S/C52H30O2/c1-2-11-32(12-3-1)48-40-14-6-8-16-42(40)49(43-17-9-7-15-41(43)48)37-21-20-33-28-34(18-19-35(33)29-37)36-22-24-39-44-25-27-46-51(52(44)54-47(39)30-36)50-38-13-5-4-10-31(38)23-26-45(50)53-46/h1-30H. The van der Waals surface area contributed by atoms with E-state index < -0.39 is 0 Å². The Morgan fingerprint density at radius 3 is 1.52 bits per heavy atom. The van der Waals surface area contributed by atoms with E-state index in [1.54, 1.807) is 0 Å². The lowest BCUT2D eigenvalue weighted by atomic mass is 9.85. The van der Waals surface area contributed by atoms with Crippen molar-refractivity contribution < 1.29 is 8.83 Å². The fraction of sp³-hybridized carbons (Fsp3) is 0. The molecule has 0 bridgehead atoms. The van der Waals surface area contributed by atoms with Crippen LogP contribution in [0.3, 0.4) is 0 Å². The summed E-state index contributed by atoms with van der Waals surface area (Å²) in [6.07, 6.45) is 0. The first-order valence-corrected chi connectivity index (χ1v) is 18.5. The second-order valence-corrected chi connectivity index (χ2v) is 14.4. The highest BCUT2D eigenvalue weighted by atomic mass is 16.3. The minimum atomic E-state index is 0.843. The molecule has 54 heavy (non-hydrogen) atoms. The topological polar surface area (TPSA) is 26.3 Å². The Morgan fingerprint density at radius 2 is 0.778 bits per heavy atom. The third-order valence-corrected chi connectivity index (χ3v) is 11.4. The lowest BCUT2D eigenvalue weighted by Crippen LogP contribution is -1.90. The van der Waals surface area contributed by atoms with E-state index in [-0.39, 0.29) is 0 Å². The van der Waals surface area contributed by atoms with E-state index in [0.717, 1.165) is 55.0 Å². The monoisotopic (exact) mass is 686 g/mol. The molecule has 250 valence electrons. The summed E-state index contributed by atoms with van der Waals surface area (Å²) in [5.41, 5.74) is 10.8. The zero-order valence-electron chi connectivity index (χ0n) is 29.1. The van der Waals surface area contributed by atoms with Crippen molar-refractivity contribution in [1.82, 2.24) is 0 Å². The Bertz CT molecular complexity index is 3430. The second-order valence-electron chi connectivity index (χ2n) is 14.4. The van der Waals surface area contributed by atoms with Crippen molar-refractivity contribution in [2.24, 2.45) is 0 Å². The summed E-state index contributed by atoms with van der Waals surface area (Å²) in [5, 5.41) is 14.2. The molecule has 0 fully saturated rings. The van der Waals surface area contributed by atoms with Crippen LogP contribution < -0.4 is 0 Å². The molecule has 12 rings (SSSR count). The van der Waals surface area contributed by atoms with Crippen LogP contribution in [0.2, 0.25) is 0 Å². The Kier molecular flexibility index (Phi) is 6.09. The smallest absolute Gasteiger partial charge is 0.147 e. The van der Waals surface area contributed by atoms with E-state index in [1.165, 1.54) is 65.3 Å². The molecule has 2 heterocycles. The van der Waals surface area contributed by atoms with Gasteiger partial charge in [0.1, 0.15) is 22.3 Å². The number of fused-ring (bicyclic) bond motifs is 12. The van der Waals surface area contributed by atoms with Gasteiger partial charge in [-0.1, -0.05) is 140 Å². The van der Waals surface area contributed by atoms with Gasteiger partial charge in [0, 0.05) is 16.2 Å². The average molecular weight is 687 g/mol. The van der Waals surface area contributed by atoms with E-state index in [4.69, 9.17) is 8.83 Å². The maximum Gasteiger partial charge on any atom is 0.147 e. The van der Waals surface area contributed by atoms with Crippen molar-refractivity contribution in [3.8, 4) is 33.4 Å². The lowest BCUT2D eigenvalue weighted by Gasteiger charge is -2.18. The largest absolute Gasteiger partial charge is 0.456 e. The fourth-order valence-corrected chi connectivity index (χ4v) is 8.97. The first kappa shape index (κ1) is 29.4. The highest BCUT2D eigenvalue weighted by Gasteiger charge is 2.19. The third kappa shape index (κ3) is 4.22. The van der Waals surface area contributed by atoms with Crippen LogP contribution in [0, 0.1) is 0 Å². The van der Waals surface area contributed by atoms with Gasteiger partial charge in [0.2, 0.25) is 0 Å². The molecule has 0 saturated heterocycles. The van der Waals surface area contributed by atoms with Crippen molar-refractivity contribution in [2.45, 2.75) is 0 Å². The average Bonchev–Trinajstić information content (AvgIpc) is 3.81. The van der Waals surface area contributed by atoms with Crippen molar-refractivity contribution in [2.75, 3.05) is 0 Å². The summed E-state index contributed by atoms with van der Waals surface area (Å²) in [6.45, 7) is 0. The predicted octanol–water partition coefficient (Wildman–Crippen LogP) is 15.1. The van der Waals surface area contributed by atoms with E-state index in [9.17, 15) is 0 Å². The van der Waals surface area contributed by atoms with Crippen LogP contribution in [-0.4, -0.2) is 0 Å². The van der Waals surface area contributed by atoms with Gasteiger partial charge in [0.25, 0.3) is 0 Å². The number of benzene rings is 10. The summed E-state index contributed by atoms with van der Waals surface area (Å²) < 4.78 is 13.1. The number of furan rings is 2. The molecule has 0 N–H and O–H groups in total. The van der Waals surface area contributed by atoms with Crippen molar-refractivity contribution in [1.29, 1.82) is 0 Å². The van der Waals surface area contributed by atoms with Crippen LogP contribution in [0.4, 0.5) is 0 Å². The highest BCUT2D eigenvalue weighted by Crippen LogP contribution is 2.45. The van der Waals surface area contributed by atoms with Gasteiger partial charge < -0.3 is 8.83 Å². The molecule has 0 atom stereocenters. The lowest BCUT2D eigenvalue weighted by molar-refractivity contribution is 0.663. The summed E-state index contributed by atoms with van der Waals surface area (Å²) in [5.74, 6) is 0. The van der Waals surface area contributed by atoms with Crippen LogP contribution in [0.1, 0.15) is 0 Å². The molecule has 0 unspecified atom stereocenters. The molecule has 10 aromatic carbocycles. The van der Waals surface area contributed by atoms with Gasteiger partial charge >= 0.3 is 0 Å². The van der Waals surface area contributed by atoms with Gasteiger partial charge in [0.15, 0.2) is 0 Å². The first-order valence-electron chi connectivity index (χ1n) is 18.5. The molecular formula is C52H30O2. The molecule has 0 spiro atoms. The highest BCUT2D eigenvalue weighted by molar-refractivity contribution is 6.28. The zero-order chi connectivity index (χ0) is 35.3. The van der Waals surface area contributed by atoms with Gasteiger partial charge in [-0.05, 0) is 119 Å². The van der Waals surface area contributed by atoms with Crippen LogP contribution in [0.15, 0.2) is 191 Å². The molecule has 0 aliphatic carbocycles. The van der Waals surface area contributed by atoms with Gasteiger partial charge in [-0.25, -0.2) is 0 Å². The second kappa shape index (κ2) is 11.2. The first-order chi connectivity index (χ1) is 26.8. The van der Waals surface area contributed by atoms with E-state index in [2.05, 4.69) is 182 Å². The summed E-state index contributed by atoms with van der Waals surface area (Å²) >= 11 is 0. The third-order valence-electron chi connectivity index (χ3n) is 11.4. The summed E-state index contributed by atoms with van der Waals surface area (Å²) in [4.78, 5) is 0. The minimum absolute atomic E-state index is 0.843. The molecule has 2 nitrogen and oxygen atoms in total.